The van der Waals surface area contributed by atoms with Crippen LogP contribution in [-0.2, 0) is 29.4 Å². The van der Waals surface area contributed by atoms with Crippen LogP contribution >= 0.6 is 15.2 Å². The van der Waals surface area contributed by atoms with E-state index in [0.29, 0.717) is 12.1 Å². The van der Waals surface area contributed by atoms with Crippen LogP contribution in [0.25, 0.3) is 0 Å². The number of aromatic nitrogens is 1. The van der Waals surface area contributed by atoms with Crippen molar-refractivity contribution in [3.05, 3.63) is 59.4 Å². The van der Waals surface area contributed by atoms with E-state index < -0.39 is 61.9 Å². The summed E-state index contributed by atoms with van der Waals surface area (Å²) in [6, 6.07) is 3.95. The Labute approximate surface area is 187 Å². The molecule has 0 saturated carbocycles. The standard InChI is InChI=1S/C19H21F2NO9P2/c1-11(2)6-16(23)29-13-7-14(20)17(15(21)8-13)18-30-32(25,26)19(24,33(27,28)31-18)9-12-4-3-5-22-10-12/h3-5,7-8,10-11,18,24H,6,9H2,1-2H3,(H,25,26)(H,27,28). The Kier molecular flexibility index (Phi) is 7.21. The van der Waals surface area contributed by atoms with Gasteiger partial charge in [0.1, 0.15) is 17.4 Å². The molecule has 33 heavy (non-hydrogen) atoms. The molecule has 3 rings (SSSR count). The van der Waals surface area contributed by atoms with Crippen molar-refractivity contribution in [2.24, 2.45) is 5.92 Å². The fourth-order valence-corrected chi connectivity index (χ4v) is 6.59. The van der Waals surface area contributed by atoms with E-state index in [0.717, 1.165) is 0 Å². The fourth-order valence-electron chi connectivity index (χ4n) is 3.04. The van der Waals surface area contributed by atoms with Gasteiger partial charge in [-0.1, -0.05) is 19.9 Å². The first-order valence-corrected chi connectivity index (χ1v) is 12.7. The van der Waals surface area contributed by atoms with E-state index in [9.17, 15) is 37.6 Å². The lowest BCUT2D eigenvalue weighted by Crippen LogP contribution is -2.38. The van der Waals surface area contributed by atoms with Gasteiger partial charge in [0, 0.05) is 37.4 Å². The number of hydrogen-bond acceptors (Lipinski definition) is 8. The highest BCUT2D eigenvalue weighted by Gasteiger charge is 2.67. The van der Waals surface area contributed by atoms with Crippen molar-refractivity contribution in [2.75, 3.05) is 0 Å². The highest BCUT2D eigenvalue weighted by molar-refractivity contribution is 7.73. The molecule has 1 aliphatic rings. The number of nitrogens with zero attached hydrogens (tertiary/aromatic N) is 1. The van der Waals surface area contributed by atoms with Crippen LogP contribution in [0.4, 0.5) is 8.78 Å². The van der Waals surface area contributed by atoms with Crippen molar-refractivity contribution in [3.8, 4) is 5.75 Å². The lowest BCUT2D eigenvalue weighted by atomic mass is 10.1. The van der Waals surface area contributed by atoms with E-state index >= 15 is 0 Å². The Morgan fingerprint density at radius 3 is 2.27 bits per heavy atom. The van der Waals surface area contributed by atoms with Crippen molar-refractivity contribution in [1.82, 2.24) is 4.98 Å². The number of esters is 1. The van der Waals surface area contributed by atoms with Crippen molar-refractivity contribution >= 4 is 21.2 Å². The first-order chi connectivity index (χ1) is 15.3. The molecule has 2 heterocycles. The number of hydrogen-bond donors (Lipinski definition) is 3. The molecular weight excluding hydrogens is 486 g/mol. The van der Waals surface area contributed by atoms with Crippen LogP contribution in [0.15, 0.2) is 36.7 Å². The average Bonchev–Trinajstić information content (AvgIpc) is 2.65. The molecule has 14 heteroatoms. The number of benzene rings is 1. The lowest BCUT2D eigenvalue weighted by Gasteiger charge is -2.41. The highest BCUT2D eigenvalue weighted by Crippen LogP contribution is 2.79. The molecule has 2 unspecified atom stereocenters. The second-order valence-corrected chi connectivity index (χ2v) is 12.1. The van der Waals surface area contributed by atoms with E-state index in [1.807, 2.05) is 0 Å². The number of carbonyl (C=O) groups excluding carboxylic acids is 1. The van der Waals surface area contributed by atoms with Crippen LogP contribution in [-0.4, -0.2) is 30.9 Å². The van der Waals surface area contributed by atoms with Crippen LogP contribution in [0.3, 0.4) is 0 Å². The van der Waals surface area contributed by atoms with Gasteiger partial charge in [-0.2, -0.15) is 0 Å². The molecule has 0 aliphatic carbocycles. The molecule has 1 fully saturated rings. The molecule has 2 aromatic rings. The van der Waals surface area contributed by atoms with Gasteiger partial charge in [-0.05, 0) is 17.5 Å². The van der Waals surface area contributed by atoms with Crippen molar-refractivity contribution < 1.29 is 51.4 Å². The smallest absolute Gasteiger partial charge is 0.374 e. The van der Waals surface area contributed by atoms with Gasteiger partial charge in [0.05, 0.1) is 5.56 Å². The zero-order chi connectivity index (χ0) is 24.6. The number of aliphatic hydroxyl groups is 1. The summed E-state index contributed by atoms with van der Waals surface area (Å²) in [5, 5.41) is 7.33. The van der Waals surface area contributed by atoms with Gasteiger partial charge >= 0.3 is 21.2 Å². The zero-order valence-electron chi connectivity index (χ0n) is 17.4. The van der Waals surface area contributed by atoms with E-state index in [1.165, 1.54) is 24.5 Å². The molecule has 3 N–H and O–H groups in total. The van der Waals surface area contributed by atoms with E-state index in [-0.39, 0.29) is 17.9 Å². The minimum absolute atomic E-state index is 0.0171. The monoisotopic (exact) mass is 507 g/mol. The third-order valence-corrected chi connectivity index (χ3v) is 9.24. The summed E-state index contributed by atoms with van der Waals surface area (Å²) < 4.78 is 69.1. The second kappa shape index (κ2) is 9.31. The Morgan fingerprint density at radius 2 is 1.79 bits per heavy atom. The summed E-state index contributed by atoms with van der Waals surface area (Å²) in [4.78, 5) is 36.1. The molecule has 1 aromatic carbocycles. The number of pyridine rings is 1. The third kappa shape index (κ3) is 5.22. The van der Waals surface area contributed by atoms with Crippen molar-refractivity contribution in [3.63, 3.8) is 0 Å². The first-order valence-electron chi connectivity index (χ1n) is 9.59. The molecule has 180 valence electrons. The minimum Gasteiger partial charge on any atom is -0.426 e. The predicted molar refractivity (Wildman–Crippen MR) is 109 cm³/mol. The van der Waals surface area contributed by atoms with E-state index in [4.69, 9.17) is 13.8 Å². The fraction of sp³-hybridized carbons (Fsp3) is 0.368. The van der Waals surface area contributed by atoms with Gasteiger partial charge in [-0.15, -0.1) is 0 Å². The lowest BCUT2D eigenvalue weighted by molar-refractivity contribution is -0.135. The molecule has 0 spiro atoms. The predicted octanol–water partition coefficient (Wildman–Crippen LogP) is 3.62. The molecule has 1 aromatic heterocycles. The van der Waals surface area contributed by atoms with Gasteiger partial charge in [0.2, 0.25) is 6.29 Å². The Hall–Kier alpha value is -2.04. The van der Waals surface area contributed by atoms with Gasteiger partial charge in [0.15, 0.2) is 0 Å². The summed E-state index contributed by atoms with van der Waals surface area (Å²) >= 11 is 0. The maximum atomic E-state index is 14.6. The van der Waals surface area contributed by atoms with Gasteiger partial charge in [0.25, 0.3) is 5.08 Å². The number of ether oxygens (including phenoxy) is 1. The molecule has 0 radical (unpaired) electrons. The minimum atomic E-state index is -5.44. The summed E-state index contributed by atoms with van der Waals surface area (Å²) in [6.07, 6.45) is -0.806. The van der Waals surface area contributed by atoms with Gasteiger partial charge in [-0.3, -0.25) is 28.0 Å². The topological polar surface area (TPSA) is 152 Å². The van der Waals surface area contributed by atoms with Crippen molar-refractivity contribution in [1.29, 1.82) is 0 Å². The number of rotatable bonds is 6. The van der Waals surface area contributed by atoms with Crippen LogP contribution in [0.2, 0.25) is 0 Å². The Balaban J connectivity index is 1.91. The molecule has 0 amide bonds. The third-order valence-electron chi connectivity index (χ3n) is 4.64. The SMILES string of the molecule is CC(C)CC(=O)Oc1cc(F)c(C2OP(=O)(O)C(O)(Cc3cccnc3)P(=O)(O)O2)c(F)c1. The van der Waals surface area contributed by atoms with Crippen LogP contribution in [0, 0.1) is 17.6 Å². The highest BCUT2D eigenvalue weighted by atomic mass is 31.2. The first kappa shape index (κ1) is 25.6. The second-order valence-electron chi connectivity index (χ2n) is 7.77. The van der Waals surface area contributed by atoms with E-state index in [2.05, 4.69) is 4.98 Å². The summed E-state index contributed by atoms with van der Waals surface area (Å²) in [7, 11) is -10.9. The maximum absolute atomic E-state index is 14.6. The molecule has 1 saturated heterocycles. The summed E-state index contributed by atoms with van der Waals surface area (Å²) in [5.41, 5.74) is -1.02. The number of halogens is 2. The van der Waals surface area contributed by atoms with Crippen LogP contribution in [0.1, 0.15) is 37.7 Å². The normalized spacial score (nSPS) is 29.8. The average molecular weight is 507 g/mol. The van der Waals surface area contributed by atoms with Crippen molar-refractivity contribution in [2.45, 2.75) is 38.1 Å². The molecule has 2 atom stereocenters. The largest absolute Gasteiger partial charge is 0.426 e. The van der Waals surface area contributed by atoms with E-state index in [1.54, 1.807) is 13.8 Å². The zero-order valence-corrected chi connectivity index (χ0v) is 19.2. The summed E-state index contributed by atoms with van der Waals surface area (Å²) in [5.74, 6) is -4.20. The molecular formula is C19H21F2NO9P2. The molecule has 1 aliphatic heterocycles. The molecule has 10 nitrogen and oxygen atoms in total. The Morgan fingerprint density at radius 1 is 1.21 bits per heavy atom. The summed E-state index contributed by atoms with van der Waals surface area (Å²) in [6.45, 7) is 3.47. The van der Waals surface area contributed by atoms with Crippen LogP contribution in [0.5, 0.6) is 5.75 Å². The Bertz CT molecular complexity index is 1100. The quantitative estimate of drug-likeness (QED) is 0.300. The number of carbonyl (C=O) groups is 1. The van der Waals surface area contributed by atoms with Gasteiger partial charge < -0.3 is 19.6 Å². The van der Waals surface area contributed by atoms with Crippen LogP contribution < -0.4 is 4.74 Å². The van der Waals surface area contributed by atoms with Gasteiger partial charge in [-0.25, -0.2) is 8.78 Å². The maximum Gasteiger partial charge on any atom is 0.374 e. The molecule has 0 bridgehead atoms.